The van der Waals surface area contributed by atoms with Crippen LogP contribution in [0.3, 0.4) is 0 Å². The minimum atomic E-state index is -0.155. The molecule has 3 aromatic heterocycles. The Morgan fingerprint density at radius 3 is 2.23 bits per heavy atom. The second-order valence-electron chi connectivity index (χ2n) is 11.5. The van der Waals surface area contributed by atoms with Crippen LogP contribution in [0.1, 0.15) is 26.5 Å². The molecule has 0 radical (unpaired) electrons. The second-order valence-corrected chi connectivity index (χ2v) is 11.5. The Labute approximate surface area is 231 Å². The van der Waals surface area contributed by atoms with Crippen molar-refractivity contribution in [1.29, 1.82) is 0 Å². The molecule has 0 amide bonds. The van der Waals surface area contributed by atoms with Gasteiger partial charge in [0, 0.05) is 33.5 Å². The predicted octanol–water partition coefficient (Wildman–Crippen LogP) is 9.59. The van der Waals surface area contributed by atoms with Gasteiger partial charge in [-0.2, -0.15) is 0 Å². The van der Waals surface area contributed by atoms with Gasteiger partial charge in [-0.1, -0.05) is 93.6 Å². The van der Waals surface area contributed by atoms with E-state index in [0.29, 0.717) is 0 Å². The number of furan rings is 1. The van der Waals surface area contributed by atoms with Crippen LogP contribution in [-0.2, 0) is 5.41 Å². The van der Waals surface area contributed by atoms with E-state index in [9.17, 15) is 0 Å². The molecule has 0 aliphatic carbocycles. The molecule has 4 nitrogen and oxygen atoms in total. The van der Waals surface area contributed by atoms with E-state index < -0.39 is 0 Å². The molecule has 0 atom stereocenters. The van der Waals surface area contributed by atoms with Crippen molar-refractivity contribution in [2.75, 3.05) is 0 Å². The minimum Gasteiger partial charge on any atom is -0.455 e. The van der Waals surface area contributed by atoms with Gasteiger partial charge in [-0.25, -0.2) is 4.98 Å². The number of hydrogen-bond donors (Lipinski definition) is 0. The van der Waals surface area contributed by atoms with Crippen molar-refractivity contribution in [3.63, 3.8) is 0 Å². The lowest BCUT2D eigenvalue weighted by atomic mass is 9.91. The summed E-state index contributed by atoms with van der Waals surface area (Å²) >= 11 is 0. The number of hydrogen-bond acceptors (Lipinski definition) is 3. The van der Waals surface area contributed by atoms with Crippen molar-refractivity contribution >= 4 is 54.5 Å². The summed E-state index contributed by atoms with van der Waals surface area (Å²) in [5, 5.41) is 6.92. The lowest BCUT2D eigenvalue weighted by Gasteiger charge is -2.17. The van der Waals surface area contributed by atoms with E-state index in [2.05, 4.69) is 122 Å². The lowest BCUT2D eigenvalue weighted by Crippen LogP contribution is -2.14. The maximum absolute atomic E-state index is 6.87. The minimum absolute atomic E-state index is 0.155. The fourth-order valence-corrected chi connectivity index (χ4v) is 6.09. The van der Waals surface area contributed by atoms with Gasteiger partial charge in [0.2, 0.25) is 0 Å². The molecule has 0 bridgehead atoms. The fraction of sp³-hybridized carbons (Fsp3) is 0.111. The molecule has 0 spiro atoms. The number of fused-ring (bicyclic) bond motifs is 8. The highest BCUT2D eigenvalue weighted by molar-refractivity contribution is 6.23. The highest BCUT2D eigenvalue weighted by atomic mass is 16.3. The molecule has 3 heterocycles. The molecule has 4 heteroatoms. The largest absolute Gasteiger partial charge is 0.455 e. The van der Waals surface area contributed by atoms with Crippen molar-refractivity contribution in [3.05, 3.63) is 115 Å². The van der Waals surface area contributed by atoms with E-state index in [-0.39, 0.29) is 5.41 Å². The molecule has 192 valence electrons. The van der Waals surface area contributed by atoms with E-state index in [1.165, 1.54) is 16.2 Å². The summed E-state index contributed by atoms with van der Waals surface area (Å²) in [7, 11) is 0. The average molecular weight is 518 g/mol. The third-order valence-corrected chi connectivity index (χ3v) is 7.91. The third-order valence-electron chi connectivity index (χ3n) is 7.91. The van der Waals surface area contributed by atoms with Gasteiger partial charge in [0.1, 0.15) is 22.5 Å². The molecule has 8 rings (SSSR count). The smallest absolute Gasteiger partial charge is 0.149 e. The number of imidazole rings is 1. The van der Waals surface area contributed by atoms with E-state index in [0.717, 1.165) is 61.1 Å². The topological polar surface area (TPSA) is 43.9 Å². The third kappa shape index (κ3) is 3.26. The van der Waals surface area contributed by atoms with E-state index in [1.54, 1.807) is 0 Å². The number of para-hydroxylation sites is 2. The maximum atomic E-state index is 6.87. The first-order valence-corrected chi connectivity index (χ1v) is 13.7. The SMILES string of the molecule is CC(C)(C)c1nccc2c1nc(-c1cccc3c1oc1c3ccc3ccc4ccccc4c31)n2-c1ccccc1. The van der Waals surface area contributed by atoms with Crippen molar-refractivity contribution < 1.29 is 4.42 Å². The predicted molar refractivity (Wildman–Crippen MR) is 165 cm³/mol. The highest BCUT2D eigenvalue weighted by Crippen LogP contribution is 2.42. The zero-order chi connectivity index (χ0) is 27.0. The number of nitrogens with zero attached hydrogens (tertiary/aromatic N) is 3. The monoisotopic (exact) mass is 517 g/mol. The van der Waals surface area contributed by atoms with Gasteiger partial charge in [-0.15, -0.1) is 0 Å². The molecule has 0 N–H and O–H groups in total. The number of rotatable bonds is 2. The Morgan fingerprint density at radius 1 is 0.650 bits per heavy atom. The first-order chi connectivity index (χ1) is 19.5. The molecule has 0 aliphatic rings. The lowest BCUT2D eigenvalue weighted by molar-refractivity contribution is 0.574. The molecular weight excluding hydrogens is 490 g/mol. The normalized spacial score (nSPS) is 12.4. The Kier molecular flexibility index (Phi) is 4.75. The Bertz CT molecular complexity index is 2250. The summed E-state index contributed by atoms with van der Waals surface area (Å²) in [6, 6.07) is 36.1. The maximum Gasteiger partial charge on any atom is 0.149 e. The van der Waals surface area contributed by atoms with Crippen LogP contribution in [0.5, 0.6) is 0 Å². The van der Waals surface area contributed by atoms with Crippen LogP contribution in [0.4, 0.5) is 0 Å². The number of benzene rings is 5. The summed E-state index contributed by atoms with van der Waals surface area (Å²) in [5.41, 5.74) is 6.54. The molecule has 0 saturated heterocycles. The molecule has 0 aliphatic heterocycles. The Balaban J connectivity index is 1.51. The van der Waals surface area contributed by atoms with Gasteiger partial charge < -0.3 is 4.42 Å². The second kappa shape index (κ2) is 8.27. The van der Waals surface area contributed by atoms with E-state index in [4.69, 9.17) is 14.4 Å². The zero-order valence-electron chi connectivity index (χ0n) is 22.6. The summed E-state index contributed by atoms with van der Waals surface area (Å²) in [4.78, 5) is 10.1. The van der Waals surface area contributed by atoms with Crippen molar-refractivity contribution in [2.45, 2.75) is 26.2 Å². The van der Waals surface area contributed by atoms with Crippen LogP contribution in [0.25, 0.3) is 71.6 Å². The van der Waals surface area contributed by atoms with Crippen LogP contribution in [0.15, 0.2) is 114 Å². The van der Waals surface area contributed by atoms with Gasteiger partial charge >= 0.3 is 0 Å². The van der Waals surface area contributed by atoms with E-state index in [1.807, 2.05) is 12.3 Å². The van der Waals surface area contributed by atoms with Gasteiger partial charge in [0.05, 0.1) is 16.8 Å². The van der Waals surface area contributed by atoms with Crippen LogP contribution >= 0.6 is 0 Å². The molecule has 5 aromatic carbocycles. The fourth-order valence-electron chi connectivity index (χ4n) is 6.09. The molecule has 0 saturated carbocycles. The summed E-state index contributed by atoms with van der Waals surface area (Å²) < 4.78 is 9.11. The Hall–Kier alpha value is -4.96. The summed E-state index contributed by atoms with van der Waals surface area (Å²) in [5.74, 6) is 0.846. The van der Waals surface area contributed by atoms with Crippen molar-refractivity contribution in [1.82, 2.24) is 14.5 Å². The van der Waals surface area contributed by atoms with Gasteiger partial charge in [0.15, 0.2) is 0 Å². The van der Waals surface area contributed by atoms with Gasteiger partial charge in [-0.3, -0.25) is 9.55 Å². The number of aromatic nitrogens is 3. The van der Waals surface area contributed by atoms with Crippen molar-refractivity contribution in [2.24, 2.45) is 0 Å². The molecule has 0 fully saturated rings. The molecule has 8 aromatic rings. The molecule has 40 heavy (non-hydrogen) atoms. The Morgan fingerprint density at radius 2 is 1.38 bits per heavy atom. The summed E-state index contributed by atoms with van der Waals surface area (Å²) in [6.07, 6.45) is 1.90. The average Bonchev–Trinajstić information content (AvgIpc) is 3.55. The first kappa shape index (κ1) is 23.0. The van der Waals surface area contributed by atoms with Crippen LogP contribution in [0, 0.1) is 0 Å². The van der Waals surface area contributed by atoms with E-state index >= 15 is 0 Å². The highest BCUT2D eigenvalue weighted by Gasteiger charge is 2.26. The molecular formula is C36H27N3O. The van der Waals surface area contributed by atoms with Crippen molar-refractivity contribution in [3.8, 4) is 17.1 Å². The first-order valence-electron chi connectivity index (χ1n) is 13.7. The summed E-state index contributed by atoms with van der Waals surface area (Å²) in [6.45, 7) is 6.56. The van der Waals surface area contributed by atoms with Crippen LogP contribution in [0.2, 0.25) is 0 Å². The standard InChI is InChI=1S/C36H27N3O/c1-36(2,3)34-31-29(20-21-37-34)39(24-11-5-4-6-12-24)35(38-31)28-15-9-14-26-27-19-18-23-17-16-22-10-7-8-13-25(22)30(23)33(27)40-32(26)28/h4-21H,1-3H3. The zero-order valence-corrected chi connectivity index (χ0v) is 22.6. The number of pyridine rings is 1. The van der Waals surface area contributed by atoms with Gasteiger partial charge in [0.25, 0.3) is 0 Å². The van der Waals surface area contributed by atoms with Crippen LogP contribution < -0.4 is 0 Å². The quantitative estimate of drug-likeness (QED) is 0.214. The van der Waals surface area contributed by atoms with Gasteiger partial charge in [-0.05, 0) is 46.5 Å². The molecule has 0 unspecified atom stereocenters. The van der Waals surface area contributed by atoms with Crippen LogP contribution in [-0.4, -0.2) is 14.5 Å².